The average molecular weight is 1100 g/mol. The third-order valence-corrected chi connectivity index (χ3v) is 14.9. The molecule has 0 aliphatic carbocycles. The summed E-state index contributed by atoms with van der Waals surface area (Å²) in [6, 6.07) is 0. The lowest BCUT2D eigenvalue weighted by atomic mass is 10.0. The third kappa shape index (κ3) is 65.3. The highest BCUT2D eigenvalue weighted by Gasteiger charge is 2.19. The number of hydrogen-bond acceptors (Lipinski definition) is 6. The predicted octanol–water partition coefficient (Wildman–Crippen LogP) is 23.4. The summed E-state index contributed by atoms with van der Waals surface area (Å²) in [4.78, 5) is 38.2. The van der Waals surface area contributed by atoms with Gasteiger partial charge in [-0.3, -0.25) is 14.4 Å². The van der Waals surface area contributed by atoms with E-state index in [-0.39, 0.29) is 31.1 Å². The van der Waals surface area contributed by atoms with E-state index in [0.29, 0.717) is 19.3 Å². The van der Waals surface area contributed by atoms with Crippen molar-refractivity contribution in [3.8, 4) is 0 Å². The maximum atomic E-state index is 12.9. The first-order valence-electron chi connectivity index (χ1n) is 34.1. The normalized spacial score (nSPS) is 12.6. The van der Waals surface area contributed by atoms with E-state index in [9.17, 15) is 14.4 Å². The van der Waals surface area contributed by atoms with Crippen LogP contribution in [0.4, 0.5) is 0 Å². The van der Waals surface area contributed by atoms with Gasteiger partial charge in [-0.25, -0.2) is 0 Å². The average Bonchev–Trinajstić information content (AvgIpc) is 3.45. The van der Waals surface area contributed by atoms with Crippen molar-refractivity contribution in [2.75, 3.05) is 13.2 Å². The molecule has 0 saturated heterocycles. The van der Waals surface area contributed by atoms with Crippen molar-refractivity contribution in [3.63, 3.8) is 0 Å². The van der Waals surface area contributed by atoms with Crippen molar-refractivity contribution in [1.82, 2.24) is 0 Å². The summed E-state index contributed by atoms with van der Waals surface area (Å²) < 4.78 is 16.9. The molecule has 0 saturated carbocycles. The van der Waals surface area contributed by atoms with Crippen LogP contribution in [0.1, 0.15) is 342 Å². The molecule has 0 N–H and O–H groups in total. The summed E-state index contributed by atoms with van der Waals surface area (Å²) in [6.07, 6.45) is 89.2. The van der Waals surface area contributed by atoms with Gasteiger partial charge in [-0.05, 0) is 96.3 Å². The highest BCUT2D eigenvalue weighted by Crippen LogP contribution is 2.17. The first-order chi connectivity index (χ1) is 39.0. The highest BCUT2D eigenvalue weighted by atomic mass is 16.6. The van der Waals surface area contributed by atoms with Crippen LogP contribution in [0.15, 0.2) is 85.1 Å². The zero-order chi connectivity index (χ0) is 57.1. The minimum atomic E-state index is -0.791. The van der Waals surface area contributed by atoms with Crippen LogP contribution in [0, 0.1) is 0 Å². The van der Waals surface area contributed by atoms with E-state index in [1.165, 1.54) is 199 Å². The van der Waals surface area contributed by atoms with Crippen LogP contribution in [0.5, 0.6) is 0 Å². The lowest BCUT2D eigenvalue weighted by Gasteiger charge is -2.18. The summed E-state index contributed by atoms with van der Waals surface area (Å²) in [5.41, 5.74) is 0. The summed E-state index contributed by atoms with van der Waals surface area (Å²) >= 11 is 0. The second-order valence-corrected chi connectivity index (χ2v) is 22.7. The molecule has 0 amide bonds. The van der Waals surface area contributed by atoms with Crippen molar-refractivity contribution >= 4 is 17.9 Å². The third-order valence-electron chi connectivity index (χ3n) is 14.9. The standard InChI is InChI=1S/C73H128O6/c1-4-7-10-13-16-19-21-23-25-27-29-30-31-32-33-34-35-36-37-38-39-40-41-42-44-45-47-49-51-54-57-60-63-66-72(75)78-69-70(68-77-71(74)65-62-59-56-53-18-15-12-9-6-3)79-73(76)67-64-61-58-55-52-50-48-46-43-28-26-24-22-20-17-14-11-8-5-2/h8,11,17,20-21,23-24,26-27,29,43,46,50,52,70H,4-7,9-10,12-16,18-19,22,25,28,30-42,44-45,47-49,51,53-69H2,1-3H3/b11-8-,20-17-,23-21-,26-24-,29-27-,46-43-,52-50-. The largest absolute Gasteiger partial charge is 0.462 e. The second-order valence-electron chi connectivity index (χ2n) is 22.7. The number of esters is 3. The van der Waals surface area contributed by atoms with Gasteiger partial charge in [0.15, 0.2) is 6.10 Å². The first kappa shape index (κ1) is 75.6. The lowest BCUT2D eigenvalue weighted by molar-refractivity contribution is -0.167. The highest BCUT2D eigenvalue weighted by molar-refractivity contribution is 5.71. The van der Waals surface area contributed by atoms with Gasteiger partial charge in [0, 0.05) is 19.3 Å². The molecule has 0 aliphatic heterocycles. The Morgan fingerprint density at radius 3 is 0.785 bits per heavy atom. The minimum Gasteiger partial charge on any atom is -0.462 e. The Labute approximate surface area is 490 Å². The van der Waals surface area contributed by atoms with Crippen molar-refractivity contribution in [2.45, 2.75) is 348 Å². The quantitative estimate of drug-likeness (QED) is 0.0261. The number of rotatable bonds is 62. The molecule has 79 heavy (non-hydrogen) atoms. The van der Waals surface area contributed by atoms with Crippen LogP contribution < -0.4 is 0 Å². The number of allylic oxidation sites excluding steroid dienone is 14. The SMILES string of the molecule is CC/C=C\C/C=C\C/C=C\C/C=C\C/C=C\CCCCCC(=O)OC(COC(=O)CCCCCCCCCCC)COC(=O)CCCCCCCCCCCCCCCCCCCCCCC/C=C\C/C=C\CCCCCCC. The van der Waals surface area contributed by atoms with E-state index < -0.39 is 6.10 Å². The summed E-state index contributed by atoms with van der Waals surface area (Å²) in [6.45, 7) is 6.50. The predicted molar refractivity (Wildman–Crippen MR) is 344 cm³/mol. The van der Waals surface area contributed by atoms with E-state index in [4.69, 9.17) is 14.2 Å². The number of carbonyl (C=O) groups excluding carboxylic acids is 3. The maximum absolute atomic E-state index is 12.9. The Morgan fingerprint density at radius 1 is 0.266 bits per heavy atom. The zero-order valence-corrected chi connectivity index (χ0v) is 52.4. The minimum absolute atomic E-state index is 0.0861. The molecule has 0 radical (unpaired) electrons. The van der Waals surface area contributed by atoms with E-state index in [1.807, 2.05) is 0 Å². The monoisotopic (exact) mass is 1100 g/mol. The molecule has 456 valence electrons. The topological polar surface area (TPSA) is 78.9 Å². The maximum Gasteiger partial charge on any atom is 0.306 e. The molecule has 1 atom stereocenters. The molecule has 0 heterocycles. The number of unbranched alkanes of at least 4 members (excludes halogenated alkanes) is 37. The van der Waals surface area contributed by atoms with Crippen molar-refractivity contribution in [2.24, 2.45) is 0 Å². The van der Waals surface area contributed by atoms with Crippen LogP contribution in [0.2, 0.25) is 0 Å². The molecule has 0 aliphatic rings. The van der Waals surface area contributed by atoms with Gasteiger partial charge < -0.3 is 14.2 Å². The Morgan fingerprint density at radius 2 is 0.494 bits per heavy atom. The van der Waals surface area contributed by atoms with Gasteiger partial charge in [0.05, 0.1) is 0 Å². The molecule has 6 nitrogen and oxygen atoms in total. The summed E-state index contributed by atoms with van der Waals surface area (Å²) in [7, 11) is 0. The van der Waals surface area contributed by atoms with Crippen LogP contribution in [-0.2, 0) is 28.6 Å². The fourth-order valence-corrected chi connectivity index (χ4v) is 9.80. The van der Waals surface area contributed by atoms with Gasteiger partial charge in [0.2, 0.25) is 0 Å². The van der Waals surface area contributed by atoms with Crippen LogP contribution >= 0.6 is 0 Å². The molecule has 0 aromatic heterocycles. The fourth-order valence-electron chi connectivity index (χ4n) is 9.80. The van der Waals surface area contributed by atoms with E-state index in [1.54, 1.807) is 0 Å². The Kier molecular flexibility index (Phi) is 64.2. The van der Waals surface area contributed by atoms with Gasteiger partial charge >= 0.3 is 17.9 Å². The van der Waals surface area contributed by atoms with Gasteiger partial charge in [0.1, 0.15) is 13.2 Å². The number of hydrogen-bond donors (Lipinski definition) is 0. The molecule has 0 fully saturated rings. The van der Waals surface area contributed by atoms with Crippen LogP contribution in [0.3, 0.4) is 0 Å². The molecule has 0 rings (SSSR count). The second kappa shape index (κ2) is 67.1. The van der Waals surface area contributed by atoms with E-state index in [2.05, 4.69) is 106 Å². The van der Waals surface area contributed by atoms with Crippen LogP contribution in [-0.4, -0.2) is 37.2 Å². The Bertz CT molecular complexity index is 1500. The molecule has 6 heteroatoms. The van der Waals surface area contributed by atoms with Crippen molar-refractivity contribution in [1.29, 1.82) is 0 Å². The fraction of sp³-hybridized carbons (Fsp3) is 0.767. The summed E-state index contributed by atoms with van der Waals surface area (Å²) in [5.74, 6) is -0.907. The molecule has 1 unspecified atom stereocenters. The van der Waals surface area contributed by atoms with Crippen molar-refractivity contribution in [3.05, 3.63) is 85.1 Å². The molecule has 0 aromatic carbocycles. The lowest BCUT2D eigenvalue weighted by Crippen LogP contribution is -2.30. The molecule has 0 bridgehead atoms. The van der Waals surface area contributed by atoms with Gasteiger partial charge in [-0.2, -0.15) is 0 Å². The van der Waals surface area contributed by atoms with Crippen molar-refractivity contribution < 1.29 is 28.6 Å². The summed E-state index contributed by atoms with van der Waals surface area (Å²) in [5, 5.41) is 0. The Hall–Kier alpha value is -3.41. The Balaban J connectivity index is 4.10. The molecule has 0 spiro atoms. The molecular formula is C73H128O6. The number of ether oxygens (including phenoxy) is 3. The molecule has 0 aromatic rings. The van der Waals surface area contributed by atoms with E-state index >= 15 is 0 Å². The first-order valence-corrected chi connectivity index (χ1v) is 34.1. The van der Waals surface area contributed by atoms with E-state index in [0.717, 1.165) is 103 Å². The zero-order valence-electron chi connectivity index (χ0n) is 52.4. The van der Waals surface area contributed by atoms with Gasteiger partial charge in [-0.1, -0.05) is 311 Å². The van der Waals surface area contributed by atoms with Crippen LogP contribution in [0.25, 0.3) is 0 Å². The smallest absolute Gasteiger partial charge is 0.306 e. The number of carbonyl (C=O) groups is 3. The van der Waals surface area contributed by atoms with Gasteiger partial charge in [-0.15, -0.1) is 0 Å². The molecular weight excluding hydrogens is 973 g/mol. The van der Waals surface area contributed by atoms with Gasteiger partial charge in [0.25, 0.3) is 0 Å².